The number of halogens is 2. The average Bonchev–Trinajstić information content (AvgIpc) is 3.15. The van der Waals surface area contributed by atoms with E-state index in [1.54, 1.807) is 20.2 Å². The van der Waals surface area contributed by atoms with Crippen LogP contribution in [0.3, 0.4) is 0 Å². The van der Waals surface area contributed by atoms with Crippen LogP contribution >= 0.6 is 24.0 Å². The Hall–Kier alpha value is -1.87. The minimum atomic E-state index is -0.247. The summed E-state index contributed by atoms with van der Waals surface area (Å²) in [5, 5.41) is 6.57. The summed E-state index contributed by atoms with van der Waals surface area (Å²) in [4.78, 5) is 4.24. The number of guanidine groups is 1. The van der Waals surface area contributed by atoms with E-state index in [0.29, 0.717) is 12.1 Å². The van der Waals surface area contributed by atoms with Gasteiger partial charge < -0.3 is 20.1 Å². The maximum Gasteiger partial charge on any atom is 0.191 e. The average molecular weight is 499 g/mol. The predicted molar refractivity (Wildman–Crippen MR) is 120 cm³/mol. The SMILES string of the molecule is CN=C(NCCc1ccc2c(c1)CCO2)NCc1ccc(F)c(COC)c1.I. The number of nitrogens with one attached hydrogen (secondary N) is 2. The first-order valence-electron chi connectivity index (χ1n) is 9.15. The molecule has 0 atom stereocenters. The van der Waals surface area contributed by atoms with Crippen LogP contribution < -0.4 is 15.4 Å². The topological polar surface area (TPSA) is 54.9 Å². The first kappa shape index (κ1) is 22.4. The Kier molecular flexibility index (Phi) is 8.98. The summed E-state index contributed by atoms with van der Waals surface area (Å²) < 4.78 is 24.3. The Balaban J connectivity index is 0.00000280. The summed E-state index contributed by atoms with van der Waals surface area (Å²) in [7, 11) is 3.30. The molecule has 1 aliphatic rings. The fourth-order valence-corrected chi connectivity index (χ4v) is 3.13. The smallest absolute Gasteiger partial charge is 0.191 e. The molecule has 0 bridgehead atoms. The van der Waals surface area contributed by atoms with E-state index in [0.717, 1.165) is 43.3 Å². The van der Waals surface area contributed by atoms with Gasteiger partial charge in [-0.1, -0.05) is 18.2 Å². The molecule has 2 aromatic carbocycles. The van der Waals surface area contributed by atoms with Crippen molar-refractivity contribution in [2.45, 2.75) is 26.0 Å². The molecular formula is C21H27FIN3O2. The zero-order valence-electron chi connectivity index (χ0n) is 16.3. The minimum Gasteiger partial charge on any atom is -0.493 e. The van der Waals surface area contributed by atoms with Crippen LogP contribution in [0.15, 0.2) is 41.4 Å². The molecule has 1 aliphatic heterocycles. The van der Waals surface area contributed by atoms with Crippen molar-refractivity contribution in [1.82, 2.24) is 10.6 Å². The standard InChI is InChI=1S/C21H26FN3O2.HI/c1-23-21(25-13-16-3-5-19(22)18(12-16)14-26-2)24-9-7-15-4-6-20-17(11-15)8-10-27-20;/h3-6,11-12H,7-10,13-14H2,1-2H3,(H2,23,24,25);1H. The quantitative estimate of drug-likeness (QED) is 0.349. The van der Waals surface area contributed by atoms with Crippen molar-refractivity contribution < 1.29 is 13.9 Å². The molecule has 28 heavy (non-hydrogen) atoms. The van der Waals surface area contributed by atoms with Crippen molar-refractivity contribution >= 4 is 29.9 Å². The normalized spacial score (nSPS) is 12.8. The lowest BCUT2D eigenvalue weighted by Crippen LogP contribution is -2.37. The molecule has 0 spiro atoms. The highest BCUT2D eigenvalue weighted by Gasteiger charge is 2.11. The van der Waals surface area contributed by atoms with Gasteiger partial charge in [0.25, 0.3) is 0 Å². The summed E-state index contributed by atoms with van der Waals surface area (Å²) in [5.41, 5.74) is 4.11. The van der Waals surface area contributed by atoms with E-state index in [1.807, 2.05) is 6.07 Å². The Morgan fingerprint density at radius 2 is 2.00 bits per heavy atom. The second-order valence-electron chi connectivity index (χ2n) is 6.50. The summed E-state index contributed by atoms with van der Waals surface area (Å²) in [6.45, 7) is 2.38. The molecule has 0 radical (unpaired) electrons. The molecule has 2 aromatic rings. The fraction of sp³-hybridized carbons (Fsp3) is 0.381. The lowest BCUT2D eigenvalue weighted by atomic mass is 10.1. The lowest BCUT2D eigenvalue weighted by Gasteiger charge is -2.13. The molecule has 3 rings (SSSR count). The van der Waals surface area contributed by atoms with Crippen molar-refractivity contribution in [3.05, 3.63) is 64.5 Å². The highest BCUT2D eigenvalue weighted by Crippen LogP contribution is 2.25. The number of benzene rings is 2. The molecule has 0 aromatic heterocycles. The van der Waals surface area contributed by atoms with E-state index < -0.39 is 0 Å². The van der Waals surface area contributed by atoms with Crippen molar-refractivity contribution in [3.63, 3.8) is 0 Å². The first-order chi connectivity index (χ1) is 13.2. The first-order valence-corrected chi connectivity index (χ1v) is 9.15. The molecule has 0 amide bonds. The molecule has 0 fully saturated rings. The van der Waals surface area contributed by atoms with Gasteiger partial charge in [0.05, 0.1) is 13.2 Å². The number of fused-ring (bicyclic) bond motifs is 1. The van der Waals surface area contributed by atoms with E-state index >= 15 is 0 Å². The number of methoxy groups -OCH3 is 1. The van der Waals surface area contributed by atoms with Crippen molar-refractivity contribution in [1.29, 1.82) is 0 Å². The third-order valence-corrected chi connectivity index (χ3v) is 4.55. The Labute approximate surface area is 182 Å². The van der Waals surface area contributed by atoms with Gasteiger partial charge in [-0.25, -0.2) is 4.39 Å². The number of aliphatic imine (C=N–C) groups is 1. The zero-order chi connectivity index (χ0) is 19.1. The van der Waals surface area contributed by atoms with Crippen molar-refractivity contribution in [2.24, 2.45) is 4.99 Å². The Bertz CT molecular complexity index is 814. The highest BCUT2D eigenvalue weighted by molar-refractivity contribution is 14.0. The van der Waals surface area contributed by atoms with Crippen LogP contribution in [0.4, 0.5) is 4.39 Å². The van der Waals surface area contributed by atoms with Gasteiger partial charge in [-0.05, 0) is 41.3 Å². The summed E-state index contributed by atoms with van der Waals surface area (Å²) in [5.74, 6) is 1.48. The van der Waals surface area contributed by atoms with Gasteiger partial charge in [0, 0.05) is 39.2 Å². The van der Waals surface area contributed by atoms with E-state index in [-0.39, 0.29) is 36.4 Å². The van der Waals surface area contributed by atoms with Crippen LogP contribution in [0.1, 0.15) is 22.3 Å². The molecule has 5 nitrogen and oxygen atoms in total. The minimum absolute atomic E-state index is 0. The van der Waals surface area contributed by atoms with Crippen LogP contribution in [-0.2, 0) is 30.7 Å². The van der Waals surface area contributed by atoms with Crippen LogP contribution in [0.25, 0.3) is 0 Å². The van der Waals surface area contributed by atoms with Gasteiger partial charge >= 0.3 is 0 Å². The number of hydrogen-bond acceptors (Lipinski definition) is 3. The van der Waals surface area contributed by atoms with Crippen LogP contribution in [0, 0.1) is 5.82 Å². The third kappa shape index (κ3) is 6.07. The number of hydrogen-bond donors (Lipinski definition) is 2. The number of rotatable bonds is 7. The van der Waals surface area contributed by atoms with Crippen LogP contribution in [0.2, 0.25) is 0 Å². The number of nitrogens with zero attached hydrogens (tertiary/aromatic N) is 1. The molecule has 0 unspecified atom stereocenters. The van der Waals surface area contributed by atoms with Gasteiger partial charge in [-0.3, -0.25) is 4.99 Å². The van der Waals surface area contributed by atoms with Crippen molar-refractivity contribution in [3.8, 4) is 5.75 Å². The summed E-state index contributed by atoms with van der Waals surface area (Å²) >= 11 is 0. The molecule has 0 aliphatic carbocycles. The summed E-state index contributed by atoms with van der Waals surface area (Å²) in [6.07, 6.45) is 1.89. The van der Waals surface area contributed by atoms with Gasteiger partial charge in [-0.15, -0.1) is 24.0 Å². The maximum atomic E-state index is 13.7. The van der Waals surface area contributed by atoms with Gasteiger partial charge in [-0.2, -0.15) is 0 Å². The van der Waals surface area contributed by atoms with E-state index in [1.165, 1.54) is 17.2 Å². The van der Waals surface area contributed by atoms with Gasteiger partial charge in [0.2, 0.25) is 0 Å². The Morgan fingerprint density at radius 1 is 1.18 bits per heavy atom. The predicted octanol–water partition coefficient (Wildman–Crippen LogP) is 3.43. The summed E-state index contributed by atoms with van der Waals surface area (Å²) in [6, 6.07) is 11.4. The second-order valence-corrected chi connectivity index (χ2v) is 6.50. The third-order valence-electron chi connectivity index (χ3n) is 4.55. The monoisotopic (exact) mass is 499 g/mol. The Morgan fingerprint density at radius 3 is 2.79 bits per heavy atom. The highest BCUT2D eigenvalue weighted by atomic mass is 127. The molecule has 0 saturated heterocycles. The van der Waals surface area contributed by atoms with E-state index in [2.05, 4.69) is 33.8 Å². The van der Waals surface area contributed by atoms with Crippen LogP contribution in [-0.4, -0.2) is 33.3 Å². The maximum absolute atomic E-state index is 13.7. The van der Waals surface area contributed by atoms with Crippen LogP contribution in [0.5, 0.6) is 5.75 Å². The largest absolute Gasteiger partial charge is 0.493 e. The lowest BCUT2D eigenvalue weighted by molar-refractivity contribution is 0.181. The van der Waals surface area contributed by atoms with Gasteiger partial charge in [0.1, 0.15) is 11.6 Å². The number of ether oxygens (including phenoxy) is 2. The zero-order valence-corrected chi connectivity index (χ0v) is 18.6. The molecule has 2 N–H and O–H groups in total. The van der Waals surface area contributed by atoms with Crippen molar-refractivity contribution in [2.75, 3.05) is 27.3 Å². The molecule has 7 heteroatoms. The second kappa shape index (κ2) is 11.2. The van der Waals surface area contributed by atoms with E-state index in [9.17, 15) is 4.39 Å². The van der Waals surface area contributed by atoms with Gasteiger partial charge in [0.15, 0.2) is 5.96 Å². The molecular weight excluding hydrogens is 472 g/mol. The molecule has 1 heterocycles. The van der Waals surface area contributed by atoms with E-state index in [4.69, 9.17) is 9.47 Å². The molecule has 152 valence electrons. The molecule has 0 saturated carbocycles. The fourth-order valence-electron chi connectivity index (χ4n) is 3.13.